The van der Waals surface area contributed by atoms with Gasteiger partial charge in [0, 0.05) is 6.42 Å². The number of methoxy groups -OCH3 is 1. The van der Waals surface area contributed by atoms with E-state index in [9.17, 15) is 26.4 Å². The molecule has 1 rings (SSSR count). The predicted molar refractivity (Wildman–Crippen MR) is 48.9 cm³/mol. The molecule has 5 nitrogen and oxygen atoms in total. The molecule has 9 heteroatoms. The molecular formula is C8H9F3O5S. The van der Waals surface area contributed by atoms with Crippen LogP contribution in [0.1, 0.15) is 12.8 Å². The van der Waals surface area contributed by atoms with Crippen LogP contribution in [-0.2, 0) is 23.8 Å². The van der Waals surface area contributed by atoms with Crippen molar-refractivity contribution in [3.63, 3.8) is 0 Å². The number of alkyl halides is 3. The van der Waals surface area contributed by atoms with Gasteiger partial charge in [0.25, 0.3) is 0 Å². The number of carbonyl (C=O) groups is 1. The quantitative estimate of drug-likeness (QED) is 0.441. The van der Waals surface area contributed by atoms with Gasteiger partial charge in [-0.05, 0) is 12.5 Å². The van der Waals surface area contributed by atoms with Gasteiger partial charge in [-0.1, -0.05) is 0 Å². The molecule has 0 spiro atoms. The number of rotatable bonds is 3. The van der Waals surface area contributed by atoms with Crippen molar-refractivity contribution in [3.8, 4) is 0 Å². The lowest BCUT2D eigenvalue weighted by Gasteiger charge is -2.11. The molecule has 0 saturated carbocycles. The lowest BCUT2D eigenvalue weighted by molar-refractivity contribution is -0.145. The summed E-state index contributed by atoms with van der Waals surface area (Å²) in [6.07, 6.45) is 1.00. The molecule has 0 fully saturated rings. The van der Waals surface area contributed by atoms with Gasteiger partial charge in [-0.15, -0.1) is 0 Å². The SMILES string of the molecule is COC(=O)[C@@H]1CC=C(OS(=O)(=O)C(F)(F)F)C1. The third-order valence-corrected chi connectivity index (χ3v) is 3.11. The first-order valence-electron chi connectivity index (χ1n) is 4.45. The van der Waals surface area contributed by atoms with E-state index in [0.717, 1.165) is 13.2 Å². The van der Waals surface area contributed by atoms with Crippen molar-refractivity contribution >= 4 is 16.1 Å². The van der Waals surface area contributed by atoms with Gasteiger partial charge in [0.15, 0.2) is 0 Å². The zero-order valence-electron chi connectivity index (χ0n) is 8.65. The van der Waals surface area contributed by atoms with Crippen molar-refractivity contribution in [2.24, 2.45) is 5.92 Å². The average molecular weight is 274 g/mol. The van der Waals surface area contributed by atoms with Crippen molar-refractivity contribution in [1.82, 2.24) is 0 Å². The van der Waals surface area contributed by atoms with Crippen LogP contribution in [0, 0.1) is 5.92 Å². The minimum atomic E-state index is -5.66. The highest BCUT2D eigenvalue weighted by atomic mass is 32.2. The van der Waals surface area contributed by atoms with E-state index in [0.29, 0.717) is 0 Å². The number of allylic oxidation sites excluding steroid dienone is 2. The molecule has 0 aromatic heterocycles. The van der Waals surface area contributed by atoms with Crippen LogP contribution >= 0.6 is 0 Å². The van der Waals surface area contributed by atoms with Crippen molar-refractivity contribution in [3.05, 3.63) is 11.8 Å². The van der Waals surface area contributed by atoms with Crippen molar-refractivity contribution in [2.45, 2.75) is 18.3 Å². The molecule has 17 heavy (non-hydrogen) atoms. The fourth-order valence-electron chi connectivity index (χ4n) is 1.29. The molecule has 0 bridgehead atoms. The number of hydrogen-bond acceptors (Lipinski definition) is 5. The van der Waals surface area contributed by atoms with E-state index in [1.54, 1.807) is 0 Å². The zero-order valence-corrected chi connectivity index (χ0v) is 9.47. The van der Waals surface area contributed by atoms with Gasteiger partial charge in [-0.2, -0.15) is 21.6 Å². The Bertz CT molecular complexity index is 437. The van der Waals surface area contributed by atoms with E-state index >= 15 is 0 Å². The highest BCUT2D eigenvalue weighted by molar-refractivity contribution is 7.87. The van der Waals surface area contributed by atoms with Crippen LogP contribution in [0.15, 0.2) is 11.8 Å². The van der Waals surface area contributed by atoms with Crippen molar-refractivity contribution in [1.29, 1.82) is 0 Å². The van der Waals surface area contributed by atoms with Gasteiger partial charge in [-0.3, -0.25) is 4.79 Å². The average Bonchev–Trinajstić information content (AvgIpc) is 2.62. The summed E-state index contributed by atoms with van der Waals surface area (Å²) in [6.45, 7) is 0. The van der Waals surface area contributed by atoms with Gasteiger partial charge in [0.05, 0.1) is 13.0 Å². The standard InChI is InChI=1S/C8H9F3O5S/c1-15-7(12)5-2-3-6(4-5)16-17(13,14)8(9,10)11/h3,5H,2,4H2,1H3/t5-/m1/s1. The van der Waals surface area contributed by atoms with Crippen LogP contribution in [0.4, 0.5) is 13.2 Å². The van der Waals surface area contributed by atoms with E-state index in [4.69, 9.17) is 0 Å². The molecule has 0 unspecified atom stereocenters. The zero-order chi connectivity index (χ0) is 13.3. The lowest BCUT2D eigenvalue weighted by Crippen LogP contribution is -2.25. The Morgan fingerprint density at radius 2 is 2.06 bits per heavy atom. The molecular weight excluding hydrogens is 265 g/mol. The Hall–Kier alpha value is -1.25. The third kappa shape index (κ3) is 3.11. The predicted octanol–water partition coefficient (Wildman–Crippen LogP) is 1.32. The maximum Gasteiger partial charge on any atom is 0.534 e. The lowest BCUT2D eigenvalue weighted by atomic mass is 10.1. The molecule has 0 aromatic rings. The van der Waals surface area contributed by atoms with Crippen LogP contribution in [0.3, 0.4) is 0 Å². The normalized spacial score (nSPS) is 20.9. The number of halogens is 3. The Balaban J connectivity index is 2.66. The number of esters is 1. The van der Waals surface area contributed by atoms with Crippen molar-refractivity contribution in [2.75, 3.05) is 7.11 Å². The summed E-state index contributed by atoms with van der Waals surface area (Å²) in [6, 6.07) is 0. The van der Waals surface area contributed by atoms with E-state index < -0.39 is 33.3 Å². The number of ether oxygens (including phenoxy) is 1. The summed E-state index contributed by atoms with van der Waals surface area (Å²) in [4.78, 5) is 11.0. The van der Waals surface area contributed by atoms with Gasteiger partial charge >= 0.3 is 21.6 Å². The molecule has 0 amide bonds. The first-order chi connectivity index (χ1) is 7.67. The van der Waals surface area contributed by atoms with E-state index in [-0.39, 0.29) is 12.8 Å². The maximum absolute atomic E-state index is 12.0. The Kier molecular flexibility index (Phi) is 3.70. The second-order valence-corrected chi connectivity index (χ2v) is 4.85. The summed E-state index contributed by atoms with van der Waals surface area (Å²) in [5.41, 5.74) is -5.48. The molecule has 0 radical (unpaired) electrons. The molecule has 1 atom stereocenters. The van der Waals surface area contributed by atoms with Crippen LogP contribution < -0.4 is 0 Å². The molecule has 0 heterocycles. The monoisotopic (exact) mass is 274 g/mol. The highest BCUT2D eigenvalue weighted by Crippen LogP contribution is 2.32. The minimum Gasteiger partial charge on any atom is -0.469 e. The molecule has 1 aliphatic carbocycles. The molecule has 98 valence electrons. The molecule has 0 N–H and O–H groups in total. The first-order valence-corrected chi connectivity index (χ1v) is 5.86. The first kappa shape index (κ1) is 13.8. The summed E-state index contributed by atoms with van der Waals surface area (Å²) >= 11 is 0. The Morgan fingerprint density at radius 3 is 2.53 bits per heavy atom. The van der Waals surface area contributed by atoms with Gasteiger partial charge in [-0.25, -0.2) is 0 Å². The second kappa shape index (κ2) is 4.55. The fourth-order valence-corrected chi connectivity index (χ4v) is 1.80. The molecule has 0 saturated heterocycles. The highest BCUT2D eigenvalue weighted by Gasteiger charge is 2.49. The molecule has 0 aromatic carbocycles. The summed E-state index contributed by atoms with van der Waals surface area (Å²) in [5, 5.41) is 0. The molecule has 1 aliphatic rings. The van der Waals surface area contributed by atoms with E-state index in [2.05, 4.69) is 8.92 Å². The minimum absolute atomic E-state index is 0.0926. The van der Waals surface area contributed by atoms with Gasteiger partial charge in [0.2, 0.25) is 0 Å². The smallest absolute Gasteiger partial charge is 0.469 e. The summed E-state index contributed by atoms with van der Waals surface area (Å²) in [5.74, 6) is -1.71. The number of hydrogen-bond donors (Lipinski definition) is 0. The van der Waals surface area contributed by atoms with Crippen LogP contribution in [0.2, 0.25) is 0 Å². The Morgan fingerprint density at radius 1 is 1.47 bits per heavy atom. The van der Waals surface area contributed by atoms with Gasteiger partial charge in [0.1, 0.15) is 5.76 Å². The van der Waals surface area contributed by atoms with E-state index in [1.807, 2.05) is 0 Å². The van der Waals surface area contributed by atoms with Crippen LogP contribution in [0.25, 0.3) is 0 Å². The van der Waals surface area contributed by atoms with Crippen LogP contribution in [-0.4, -0.2) is 27.0 Å². The maximum atomic E-state index is 12.0. The Labute approximate surface area is 95.3 Å². The van der Waals surface area contributed by atoms with Crippen molar-refractivity contribution < 1.29 is 35.3 Å². The summed E-state index contributed by atoms with van der Waals surface area (Å²) < 4.78 is 65.5. The van der Waals surface area contributed by atoms with E-state index in [1.165, 1.54) is 0 Å². The number of carbonyl (C=O) groups excluding carboxylic acids is 1. The van der Waals surface area contributed by atoms with Crippen LogP contribution in [0.5, 0.6) is 0 Å². The topological polar surface area (TPSA) is 69.7 Å². The molecule has 0 aliphatic heterocycles. The third-order valence-electron chi connectivity index (χ3n) is 2.11. The second-order valence-electron chi connectivity index (χ2n) is 3.31. The van der Waals surface area contributed by atoms with Gasteiger partial charge < -0.3 is 8.92 Å². The summed E-state index contributed by atoms with van der Waals surface area (Å²) in [7, 11) is -4.52. The largest absolute Gasteiger partial charge is 0.534 e. The fraction of sp³-hybridized carbons (Fsp3) is 0.625.